The third-order valence-electron chi connectivity index (χ3n) is 2.29. The number of hydrogen-bond donors (Lipinski definition) is 0. The van der Waals surface area contributed by atoms with E-state index in [1.165, 1.54) is 6.07 Å². The first-order chi connectivity index (χ1) is 10.2. The van der Waals surface area contributed by atoms with E-state index >= 15 is 0 Å². The van der Waals surface area contributed by atoms with Crippen LogP contribution in [0.3, 0.4) is 0 Å². The van der Waals surface area contributed by atoms with Gasteiger partial charge in [-0.2, -0.15) is 0 Å². The fourth-order valence-electron chi connectivity index (χ4n) is 1.57. The lowest BCUT2D eigenvalue weighted by Gasteiger charge is -2.14. The quantitative estimate of drug-likeness (QED) is 0.306. The molecule has 128 valence electrons. The molecule has 0 bridgehead atoms. The number of benzene rings is 1. The molecule has 0 aliphatic carbocycles. The highest BCUT2D eigenvalue weighted by atomic mass is 79.9. The van der Waals surface area contributed by atoms with Gasteiger partial charge in [0.05, 0.1) is 0 Å². The van der Waals surface area contributed by atoms with Crippen LogP contribution in [0, 0.1) is 10.4 Å². The average molecular weight is 426 g/mol. The molecule has 0 radical (unpaired) electrons. The molecule has 0 unspecified atom stereocenters. The van der Waals surface area contributed by atoms with E-state index in [1.807, 2.05) is 0 Å². The molecule has 1 rings (SSSR count). The third-order valence-corrected chi connectivity index (χ3v) is 3.61. The molecule has 0 aliphatic heterocycles. The van der Waals surface area contributed by atoms with Crippen molar-refractivity contribution in [3.8, 4) is 0 Å². The van der Waals surface area contributed by atoms with Crippen LogP contribution in [0.2, 0.25) is 10.0 Å². The molecule has 0 spiro atoms. The topological polar surface area (TPSA) is 76.9 Å². The van der Waals surface area contributed by atoms with E-state index in [0.29, 0.717) is 9.72 Å². The highest BCUT2D eigenvalue weighted by Gasteiger charge is 2.30. The van der Waals surface area contributed by atoms with Gasteiger partial charge in [0.15, 0.2) is 4.47 Å². The summed E-state index contributed by atoms with van der Waals surface area (Å²) in [7, 11) is 0. The van der Waals surface area contributed by atoms with Crippen LogP contribution in [0.15, 0.2) is 20.8 Å². The van der Waals surface area contributed by atoms with Crippen molar-refractivity contribution in [1.82, 2.24) is 0 Å². The first-order valence-corrected chi connectivity index (χ1v) is 8.35. The maximum Gasteiger partial charge on any atom is 0.284 e. The van der Waals surface area contributed by atoms with Crippen molar-refractivity contribution < 1.29 is 9.72 Å². The van der Waals surface area contributed by atoms with Gasteiger partial charge in [0.25, 0.3) is 11.4 Å². The third kappa shape index (κ3) is 5.58. The van der Waals surface area contributed by atoms with Crippen LogP contribution in [0.4, 0.5) is 11.4 Å². The second kappa shape index (κ2) is 6.91. The van der Waals surface area contributed by atoms with Gasteiger partial charge in [0.2, 0.25) is 0 Å². The minimum Gasteiger partial charge on any atom is -0.594 e. The van der Waals surface area contributed by atoms with Crippen molar-refractivity contribution in [1.29, 1.82) is 0 Å². The number of hydrogen-bond acceptors (Lipinski definition) is 4. The summed E-state index contributed by atoms with van der Waals surface area (Å²) in [4.78, 5) is 0.772. The minimum absolute atomic E-state index is 0.00551. The standard InChI is InChI=1S/C14H19BrCl2N4O2/c1-13(2,3)18-20(22)11-8(16)7-9(17)12(10(11)15)21(23)19-14(4,5)6/h7H,1-6H3. The van der Waals surface area contributed by atoms with E-state index in [4.69, 9.17) is 23.2 Å². The Bertz CT molecular complexity index is 623. The summed E-state index contributed by atoms with van der Waals surface area (Å²) in [6.45, 7) is 10.6. The van der Waals surface area contributed by atoms with Crippen molar-refractivity contribution in [2.45, 2.75) is 52.6 Å². The Hall–Kier alpha value is -0.920. The van der Waals surface area contributed by atoms with Gasteiger partial charge >= 0.3 is 0 Å². The van der Waals surface area contributed by atoms with E-state index in [1.54, 1.807) is 41.5 Å². The molecule has 0 aliphatic rings. The molecular weight excluding hydrogens is 407 g/mol. The molecule has 0 fully saturated rings. The van der Waals surface area contributed by atoms with E-state index < -0.39 is 11.1 Å². The van der Waals surface area contributed by atoms with E-state index in [-0.39, 0.29) is 25.9 Å². The first kappa shape index (κ1) is 20.1. The van der Waals surface area contributed by atoms with Crippen molar-refractivity contribution >= 4 is 50.5 Å². The van der Waals surface area contributed by atoms with Crippen LogP contribution in [-0.4, -0.2) is 20.8 Å². The smallest absolute Gasteiger partial charge is 0.284 e. The maximum absolute atomic E-state index is 12.3. The number of nitrogens with zero attached hydrogens (tertiary/aromatic N) is 4. The van der Waals surface area contributed by atoms with Crippen LogP contribution in [0.1, 0.15) is 41.5 Å². The van der Waals surface area contributed by atoms with E-state index in [2.05, 4.69) is 26.2 Å². The highest BCUT2D eigenvalue weighted by Crippen LogP contribution is 2.44. The number of halogens is 3. The first-order valence-electron chi connectivity index (χ1n) is 6.80. The van der Waals surface area contributed by atoms with Crippen molar-refractivity contribution in [2.24, 2.45) is 10.2 Å². The molecule has 0 amide bonds. The van der Waals surface area contributed by atoms with Gasteiger partial charge in [-0.25, -0.2) is 0 Å². The molecule has 0 heterocycles. The summed E-state index contributed by atoms with van der Waals surface area (Å²) in [5.74, 6) is 0. The molecule has 0 saturated heterocycles. The van der Waals surface area contributed by atoms with Gasteiger partial charge in [-0.05, 0) is 73.8 Å². The zero-order valence-corrected chi connectivity index (χ0v) is 16.9. The van der Waals surface area contributed by atoms with Crippen LogP contribution >= 0.6 is 39.1 Å². The predicted octanol–water partition coefficient (Wildman–Crippen LogP) is 6.54. The van der Waals surface area contributed by atoms with Gasteiger partial charge < -0.3 is 10.4 Å². The fourth-order valence-corrected chi connectivity index (χ4v) is 3.13. The molecule has 0 aromatic heterocycles. The normalized spacial score (nSPS) is 14.3. The van der Waals surface area contributed by atoms with E-state index in [9.17, 15) is 10.4 Å². The van der Waals surface area contributed by atoms with Crippen LogP contribution in [0.25, 0.3) is 0 Å². The number of azo groups is 2. The lowest BCUT2D eigenvalue weighted by atomic mass is 10.1. The predicted molar refractivity (Wildman–Crippen MR) is 95.1 cm³/mol. The molecule has 23 heavy (non-hydrogen) atoms. The van der Waals surface area contributed by atoms with Gasteiger partial charge in [-0.1, -0.05) is 32.9 Å². The second-order valence-electron chi connectivity index (χ2n) is 6.94. The highest BCUT2D eigenvalue weighted by molar-refractivity contribution is 9.10. The van der Waals surface area contributed by atoms with Crippen LogP contribution in [-0.2, 0) is 0 Å². The summed E-state index contributed by atoms with van der Waals surface area (Å²) >= 11 is 15.4. The SMILES string of the molecule is CC(C)(C)N=[N+]([O-])c1c(Cl)cc(Cl)c([N+]([O-])=NC(C)(C)C)c1Br. The van der Waals surface area contributed by atoms with Gasteiger partial charge in [0, 0.05) is 0 Å². The summed E-state index contributed by atoms with van der Waals surface area (Å²) < 4.78 is 0.140. The van der Waals surface area contributed by atoms with Gasteiger partial charge in [0.1, 0.15) is 21.1 Å². The molecule has 1 aromatic carbocycles. The molecule has 1 aromatic rings. The summed E-state index contributed by atoms with van der Waals surface area (Å²) in [5, 5.41) is 32.7. The Kier molecular flexibility index (Phi) is 6.04. The molecular formula is C14H19BrCl2N4O2. The van der Waals surface area contributed by atoms with Gasteiger partial charge in [-0.3, -0.25) is 0 Å². The van der Waals surface area contributed by atoms with Crippen molar-refractivity contribution in [3.05, 3.63) is 31.0 Å². The maximum atomic E-state index is 12.3. The lowest BCUT2D eigenvalue weighted by Crippen LogP contribution is -2.14. The zero-order valence-electron chi connectivity index (χ0n) is 13.8. The molecule has 6 nitrogen and oxygen atoms in total. The monoisotopic (exact) mass is 424 g/mol. The Labute approximate surface area is 154 Å². The molecule has 0 saturated carbocycles. The van der Waals surface area contributed by atoms with Crippen molar-refractivity contribution in [3.63, 3.8) is 0 Å². The zero-order chi connectivity index (χ0) is 18.2. The van der Waals surface area contributed by atoms with Crippen molar-refractivity contribution in [2.75, 3.05) is 0 Å². The van der Waals surface area contributed by atoms with Crippen LogP contribution in [0.5, 0.6) is 0 Å². The Morgan fingerprint density at radius 3 is 1.43 bits per heavy atom. The largest absolute Gasteiger partial charge is 0.594 e. The number of rotatable bonds is 2. The fraction of sp³-hybridized carbons (Fsp3) is 0.571. The molecule has 0 atom stereocenters. The summed E-state index contributed by atoms with van der Waals surface area (Å²) in [6.07, 6.45) is 0. The minimum atomic E-state index is -0.614. The Balaban J connectivity index is 3.63. The van der Waals surface area contributed by atoms with Gasteiger partial charge in [-0.15, -0.1) is 0 Å². The second-order valence-corrected chi connectivity index (χ2v) is 8.55. The lowest BCUT2D eigenvalue weighted by molar-refractivity contribution is -0.459. The summed E-state index contributed by atoms with van der Waals surface area (Å²) in [5.41, 5.74) is -1.22. The Morgan fingerprint density at radius 1 is 0.870 bits per heavy atom. The molecule has 9 heteroatoms. The Morgan fingerprint density at radius 2 is 1.17 bits per heavy atom. The average Bonchev–Trinajstić information content (AvgIpc) is 2.21. The van der Waals surface area contributed by atoms with Crippen LogP contribution < -0.4 is 0 Å². The van der Waals surface area contributed by atoms with E-state index in [0.717, 1.165) is 0 Å². The molecule has 0 N–H and O–H groups in total. The summed E-state index contributed by atoms with van der Waals surface area (Å²) in [6, 6.07) is 1.32.